The van der Waals surface area contributed by atoms with Gasteiger partial charge in [0.1, 0.15) is 5.58 Å². The molecular formula is C25H18ClN3O4. The summed E-state index contributed by atoms with van der Waals surface area (Å²) in [5, 5.41) is 6.15. The van der Waals surface area contributed by atoms with Gasteiger partial charge in [-0.1, -0.05) is 41.9 Å². The molecule has 0 fully saturated rings. The lowest BCUT2D eigenvalue weighted by molar-refractivity contribution is 0.355. The van der Waals surface area contributed by atoms with Crippen molar-refractivity contribution in [2.45, 2.75) is 0 Å². The minimum atomic E-state index is -0.320. The van der Waals surface area contributed by atoms with Gasteiger partial charge in [0.15, 0.2) is 17.3 Å². The van der Waals surface area contributed by atoms with E-state index < -0.39 is 0 Å². The van der Waals surface area contributed by atoms with Crippen LogP contribution in [0.2, 0.25) is 5.02 Å². The highest BCUT2D eigenvalue weighted by atomic mass is 35.5. The maximum Gasteiger partial charge on any atom is 0.282 e. The summed E-state index contributed by atoms with van der Waals surface area (Å²) in [6, 6.07) is 19.9. The van der Waals surface area contributed by atoms with Gasteiger partial charge in [-0.25, -0.2) is 4.98 Å². The molecule has 0 aliphatic heterocycles. The van der Waals surface area contributed by atoms with Gasteiger partial charge < -0.3 is 13.9 Å². The van der Waals surface area contributed by atoms with E-state index in [1.54, 1.807) is 30.3 Å². The molecule has 0 unspecified atom stereocenters. The van der Waals surface area contributed by atoms with Crippen LogP contribution in [0.4, 0.5) is 0 Å². The smallest absolute Gasteiger partial charge is 0.282 e. The minimum absolute atomic E-state index is 0.290. The quantitative estimate of drug-likeness (QED) is 0.330. The molecule has 8 heteroatoms. The second-order valence-corrected chi connectivity index (χ2v) is 7.61. The van der Waals surface area contributed by atoms with Crippen molar-refractivity contribution in [1.29, 1.82) is 0 Å². The summed E-state index contributed by atoms with van der Waals surface area (Å²) in [6.07, 6.45) is 1.51. The van der Waals surface area contributed by atoms with Crippen LogP contribution in [0, 0.1) is 0 Å². The fourth-order valence-corrected chi connectivity index (χ4v) is 3.92. The number of para-hydroxylation sites is 2. The number of nitrogens with zero attached hydrogens (tertiary/aromatic N) is 3. The van der Waals surface area contributed by atoms with E-state index in [-0.39, 0.29) is 11.4 Å². The summed E-state index contributed by atoms with van der Waals surface area (Å²) < 4.78 is 17.8. The van der Waals surface area contributed by atoms with Crippen LogP contribution in [-0.2, 0) is 0 Å². The van der Waals surface area contributed by atoms with Crippen LogP contribution >= 0.6 is 11.6 Å². The molecule has 0 bridgehead atoms. The van der Waals surface area contributed by atoms with Crippen molar-refractivity contribution in [3.8, 4) is 23.1 Å². The number of ether oxygens (including phenoxy) is 2. The first-order valence-corrected chi connectivity index (χ1v) is 10.4. The number of fused-ring (bicyclic) bond motifs is 2. The van der Waals surface area contributed by atoms with Crippen LogP contribution in [0.3, 0.4) is 0 Å². The van der Waals surface area contributed by atoms with Crippen molar-refractivity contribution in [3.05, 3.63) is 87.7 Å². The van der Waals surface area contributed by atoms with E-state index >= 15 is 0 Å². The van der Waals surface area contributed by atoms with E-state index in [0.717, 1.165) is 5.39 Å². The Bertz CT molecular complexity index is 1550. The van der Waals surface area contributed by atoms with Crippen LogP contribution in [0.5, 0.6) is 11.5 Å². The summed E-state index contributed by atoms with van der Waals surface area (Å²) in [5.74, 6) is 1.59. The second-order valence-electron chi connectivity index (χ2n) is 7.20. The zero-order chi connectivity index (χ0) is 22.9. The van der Waals surface area contributed by atoms with Gasteiger partial charge in [0, 0.05) is 5.39 Å². The van der Waals surface area contributed by atoms with Crippen LogP contribution in [0.25, 0.3) is 33.5 Å². The Morgan fingerprint density at radius 3 is 2.61 bits per heavy atom. The van der Waals surface area contributed by atoms with Crippen molar-refractivity contribution in [2.75, 3.05) is 14.2 Å². The molecule has 0 aliphatic rings. The first-order chi connectivity index (χ1) is 16.1. The van der Waals surface area contributed by atoms with Gasteiger partial charge in [-0.2, -0.15) is 9.78 Å². The average molecular weight is 460 g/mol. The van der Waals surface area contributed by atoms with E-state index in [1.807, 2.05) is 36.4 Å². The fraction of sp³-hybridized carbons (Fsp3) is 0.0800. The van der Waals surface area contributed by atoms with Gasteiger partial charge in [0.2, 0.25) is 5.82 Å². The Balaban J connectivity index is 1.70. The monoisotopic (exact) mass is 459 g/mol. The third kappa shape index (κ3) is 3.72. The largest absolute Gasteiger partial charge is 0.493 e. The molecule has 0 aliphatic carbocycles. The van der Waals surface area contributed by atoms with Crippen molar-refractivity contribution in [2.24, 2.45) is 5.10 Å². The highest BCUT2D eigenvalue weighted by Gasteiger charge is 2.16. The molecule has 0 saturated heterocycles. The van der Waals surface area contributed by atoms with Crippen molar-refractivity contribution < 1.29 is 13.9 Å². The van der Waals surface area contributed by atoms with E-state index in [1.165, 1.54) is 25.1 Å². The van der Waals surface area contributed by atoms with Crippen LogP contribution < -0.4 is 15.0 Å². The summed E-state index contributed by atoms with van der Waals surface area (Å²) in [4.78, 5) is 18.0. The highest BCUT2D eigenvalue weighted by molar-refractivity contribution is 6.32. The molecule has 0 amide bonds. The van der Waals surface area contributed by atoms with Crippen molar-refractivity contribution >= 4 is 39.7 Å². The minimum Gasteiger partial charge on any atom is -0.493 e. The fourth-order valence-electron chi connectivity index (χ4n) is 3.62. The maximum absolute atomic E-state index is 13.3. The van der Waals surface area contributed by atoms with Gasteiger partial charge in [-0.15, -0.1) is 0 Å². The summed E-state index contributed by atoms with van der Waals surface area (Å²) in [7, 11) is 3.03. The van der Waals surface area contributed by atoms with Crippen molar-refractivity contribution in [1.82, 2.24) is 9.66 Å². The van der Waals surface area contributed by atoms with E-state index in [4.69, 9.17) is 25.5 Å². The van der Waals surface area contributed by atoms with E-state index in [2.05, 4.69) is 10.1 Å². The lowest BCUT2D eigenvalue weighted by Crippen LogP contribution is -2.20. The Hall–Kier alpha value is -4.10. The van der Waals surface area contributed by atoms with Gasteiger partial charge in [0.25, 0.3) is 5.56 Å². The molecule has 5 rings (SSSR count). The predicted octanol–water partition coefficient (Wildman–Crippen LogP) is 5.36. The predicted molar refractivity (Wildman–Crippen MR) is 129 cm³/mol. The van der Waals surface area contributed by atoms with Gasteiger partial charge in [-0.3, -0.25) is 4.79 Å². The SMILES string of the molecule is COc1cc(C=Nn2c(-c3cc4ccccc4o3)nc3ccccc3c2=O)cc(Cl)c1OC. The molecule has 0 radical (unpaired) electrons. The Morgan fingerprint density at radius 2 is 1.82 bits per heavy atom. The van der Waals surface area contributed by atoms with Gasteiger partial charge in [-0.05, 0) is 42.0 Å². The number of hydrogen-bond acceptors (Lipinski definition) is 6. The molecule has 0 atom stereocenters. The highest BCUT2D eigenvalue weighted by Crippen LogP contribution is 2.35. The summed E-state index contributed by atoms with van der Waals surface area (Å²) >= 11 is 6.31. The topological polar surface area (TPSA) is 78.9 Å². The molecule has 2 aromatic heterocycles. The molecule has 164 valence electrons. The van der Waals surface area contributed by atoms with E-state index in [0.29, 0.717) is 44.3 Å². The number of benzene rings is 3. The number of halogens is 1. The molecule has 0 saturated carbocycles. The van der Waals surface area contributed by atoms with Gasteiger partial charge >= 0.3 is 0 Å². The summed E-state index contributed by atoms with van der Waals surface area (Å²) in [6.45, 7) is 0. The summed E-state index contributed by atoms with van der Waals surface area (Å²) in [5.41, 5.74) is 1.54. The third-order valence-corrected chi connectivity index (χ3v) is 5.46. The average Bonchev–Trinajstić information content (AvgIpc) is 3.27. The van der Waals surface area contributed by atoms with Crippen LogP contribution in [-0.4, -0.2) is 30.1 Å². The molecule has 5 aromatic rings. The molecule has 2 heterocycles. The lowest BCUT2D eigenvalue weighted by atomic mass is 10.2. The molecule has 0 spiro atoms. The number of aromatic nitrogens is 2. The molecule has 7 nitrogen and oxygen atoms in total. The lowest BCUT2D eigenvalue weighted by Gasteiger charge is -2.10. The Morgan fingerprint density at radius 1 is 1.03 bits per heavy atom. The Kier molecular flexibility index (Phi) is 5.32. The number of methoxy groups -OCH3 is 2. The van der Waals surface area contributed by atoms with Gasteiger partial charge in [0.05, 0.1) is 36.4 Å². The zero-order valence-electron chi connectivity index (χ0n) is 17.8. The van der Waals surface area contributed by atoms with Crippen LogP contribution in [0.1, 0.15) is 5.56 Å². The number of rotatable bonds is 5. The van der Waals surface area contributed by atoms with E-state index in [9.17, 15) is 4.79 Å². The van der Waals surface area contributed by atoms with Crippen molar-refractivity contribution in [3.63, 3.8) is 0 Å². The first-order valence-electron chi connectivity index (χ1n) is 10.1. The standard InChI is InChI=1S/C25H18ClN3O4/c1-31-21-12-15(11-18(26)23(21)32-2)14-27-29-24(22-13-16-7-3-6-10-20(16)33-22)28-19-9-5-4-8-17(19)25(29)30/h3-14H,1-2H3. The zero-order valence-corrected chi connectivity index (χ0v) is 18.5. The first kappa shape index (κ1) is 20.8. The third-order valence-electron chi connectivity index (χ3n) is 5.18. The van der Waals surface area contributed by atoms with Crippen LogP contribution in [0.15, 0.2) is 81.0 Å². The molecular weight excluding hydrogens is 442 g/mol. The molecule has 0 N–H and O–H groups in total. The molecule has 3 aromatic carbocycles. The Labute approximate surface area is 193 Å². The second kappa shape index (κ2) is 8.44. The number of hydrogen-bond donors (Lipinski definition) is 0. The number of furan rings is 1. The maximum atomic E-state index is 13.3. The normalized spacial score (nSPS) is 11.5. The molecule has 33 heavy (non-hydrogen) atoms.